The topological polar surface area (TPSA) is 61.7 Å². The smallest absolute Gasteiger partial charge is 0.251 e. The molecular formula is C27H21N5O. The van der Waals surface area contributed by atoms with E-state index in [1.807, 2.05) is 77.6 Å². The van der Waals surface area contributed by atoms with Crippen molar-refractivity contribution in [2.75, 3.05) is 0 Å². The van der Waals surface area contributed by atoms with Gasteiger partial charge in [-0.3, -0.25) is 0 Å². The lowest BCUT2D eigenvalue weighted by atomic mass is 10.1. The number of aryl methyl sites for hydroxylation is 1. The third-order valence-electron chi connectivity index (χ3n) is 5.80. The molecule has 160 valence electrons. The quantitative estimate of drug-likeness (QED) is 0.353. The molecule has 0 spiro atoms. The molecule has 3 aromatic heterocycles. The minimum Gasteiger partial charge on any atom is -0.420 e. The van der Waals surface area contributed by atoms with Gasteiger partial charge < -0.3 is 8.98 Å². The summed E-state index contributed by atoms with van der Waals surface area (Å²) in [6, 6.07) is 28.4. The molecular weight excluding hydrogens is 410 g/mol. The van der Waals surface area contributed by atoms with Crippen LogP contribution in [-0.4, -0.2) is 24.5 Å². The van der Waals surface area contributed by atoms with Crippen LogP contribution in [0.5, 0.6) is 0 Å². The van der Waals surface area contributed by atoms with Crippen LogP contribution in [0.3, 0.4) is 0 Å². The lowest BCUT2D eigenvalue weighted by Gasteiger charge is -2.00. The number of hydrogen-bond acceptors (Lipinski definition) is 4. The Hall–Kier alpha value is -4.45. The molecule has 0 unspecified atom stereocenters. The fourth-order valence-corrected chi connectivity index (χ4v) is 4.22. The minimum absolute atomic E-state index is 0.464. The van der Waals surface area contributed by atoms with Crippen LogP contribution in [0.1, 0.15) is 11.5 Å². The van der Waals surface area contributed by atoms with E-state index in [1.54, 1.807) is 0 Å². The fraction of sp³-hybridized carbons (Fsp3) is 0.0741. The van der Waals surface area contributed by atoms with Crippen molar-refractivity contribution in [1.29, 1.82) is 0 Å². The molecule has 6 heteroatoms. The van der Waals surface area contributed by atoms with E-state index in [9.17, 15) is 0 Å². The van der Waals surface area contributed by atoms with Crippen LogP contribution in [0.15, 0.2) is 102 Å². The molecule has 0 fully saturated rings. The maximum absolute atomic E-state index is 6.16. The summed E-state index contributed by atoms with van der Waals surface area (Å²) >= 11 is 0. The maximum Gasteiger partial charge on any atom is 0.251 e. The number of aromatic nitrogens is 5. The Kier molecular flexibility index (Phi) is 4.61. The van der Waals surface area contributed by atoms with E-state index >= 15 is 0 Å². The molecule has 0 saturated heterocycles. The van der Waals surface area contributed by atoms with Gasteiger partial charge in [-0.25, -0.2) is 4.68 Å². The Morgan fingerprint density at radius 2 is 1.52 bits per heavy atom. The van der Waals surface area contributed by atoms with Gasteiger partial charge in [0.2, 0.25) is 5.89 Å². The average molecular weight is 431 g/mol. The summed E-state index contributed by atoms with van der Waals surface area (Å²) in [5.74, 6) is 1.04. The first-order chi connectivity index (χ1) is 16.3. The molecule has 0 saturated carbocycles. The number of benzene rings is 3. The summed E-state index contributed by atoms with van der Waals surface area (Å²) < 4.78 is 10.1. The molecule has 0 atom stereocenters. The van der Waals surface area contributed by atoms with Crippen molar-refractivity contribution in [3.8, 4) is 28.4 Å². The molecule has 33 heavy (non-hydrogen) atoms. The molecule has 6 rings (SSSR count). The van der Waals surface area contributed by atoms with Crippen molar-refractivity contribution in [3.63, 3.8) is 0 Å². The second-order valence-corrected chi connectivity index (χ2v) is 8.00. The highest BCUT2D eigenvalue weighted by molar-refractivity contribution is 5.84. The molecule has 0 radical (unpaired) electrons. The number of hydrogen-bond donors (Lipinski definition) is 0. The molecule has 0 bridgehead atoms. The summed E-state index contributed by atoms with van der Waals surface area (Å²) in [5.41, 5.74) is 5.92. The molecule has 6 nitrogen and oxygen atoms in total. The first-order valence-electron chi connectivity index (χ1n) is 10.8. The molecule has 0 aliphatic carbocycles. The van der Waals surface area contributed by atoms with E-state index < -0.39 is 0 Å². The molecule has 6 aromatic rings. The molecule has 0 aliphatic rings. The lowest BCUT2D eigenvalue weighted by molar-refractivity contribution is 0.518. The zero-order valence-electron chi connectivity index (χ0n) is 18.1. The fourth-order valence-electron chi connectivity index (χ4n) is 4.22. The number of fused-ring (bicyclic) bond motifs is 1. The SMILES string of the molecule is Cn1cc(Cc2nnc(-c3cn(-c4ccccc4)nc3-c3ccccc3)o2)c2ccccc21. The summed E-state index contributed by atoms with van der Waals surface area (Å²) in [6.45, 7) is 0. The van der Waals surface area contributed by atoms with Crippen LogP contribution in [-0.2, 0) is 13.5 Å². The van der Waals surface area contributed by atoms with Gasteiger partial charge in [-0.1, -0.05) is 66.7 Å². The summed E-state index contributed by atoms with van der Waals surface area (Å²) in [5, 5.41) is 14.8. The predicted molar refractivity (Wildman–Crippen MR) is 128 cm³/mol. The van der Waals surface area contributed by atoms with Crippen LogP contribution in [0, 0.1) is 0 Å². The largest absolute Gasteiger partial charge is 0.420 e. The van der Waals surface area contributed by atoms with Gasteiger partial charge in [0.25, 0.3) is 5.89 Å². The lowest BCUT2D eigenvalue weighted by Crippen LogP contribution is -1.93. The van der Waals surface area contributed by atoms with Crippen molar-refractivity contribution in [1.82, 2.24) is 24.5 Å². The Balaban J connectivity index is 1.40. The van der Waals surface area contributed by atoms with Crippen molar-refractivity contribution in [2.45, 2.75) is 6.42 Å². The first kappa shape index (κ1) is 19.3. The third kappa shape index (κ3) is 3.51. The van der Waals surface area contributed by atoms with Crippen LogP contribution < -0.4 is 0 Å². The molecule has 3 heterocycles. The first-order valence-corrected chi connectivity index (χ1v) is 10.8. The molecule has 3 aromatic carbocycles. The Bertz CT molecular complexity index is 1540. The highest BCUT2D eigenvalue weighted by Gasteiger charge is 2.20. The Labute approximate surface area is 190 Å². The average Bonchev–Trinajstić information content (AvgIpc) is 3.59. The summed E-state index contributed by atoms with van der Waals surface area (Å²) in [4.78, 5) is 0. The van der Waals surface area contributed by atoms with Gasteiger partial charge in [0.15, 0.2) is 0 Å². The van der Waals surface area contributed by atoms with E-state index in [4.69, 9.17) is 9.52 Å². The Morgan fingerprint density at radius 3 is 2.33 bits per heavy atom. The zero-order valence-corrected chi connectivity index (χ0v) is 18.1. The highest BCUT2D eigenvalue weighted by atomic mass is 16.4. The molecule has 0 N–H and O–H groups in total. The van der Waals surface area contributed by atoms with Gasteiger partial charge in [-0.05, 0) is 23.8 Å². The third-order valence-corrected chi connectivity index (χ3v) is 5.80. The van der Waals surface area contributed by atoms with Gasteiger partial charge >= 0.3 is 0 Å². The zero-order chi connectivity index (χ0) is 22.2. The minimum atomic E-state index is 0.464. The van der Waals surface area contributed by atoms with Crippen LogP contribution >= 0.6 is 0 Å². The normalized spacial score (nSPS) is 11.3. The van der Waals surface area contributed by atoms with Crippen LogP contribution in [0.2, 0.25) is 0 Å². The monoisotopic (exact) mass is 431 g/mol. The molecule has 0 amide bonds. The van der Waals surface area contributed by atoms with E-state index in [-0.39, 0.29) is 0 Å². The summed E-state index contributed by atoms with van der Waals surface area (Å²) in [6.07, 6.45) is 4.64. The Morgan fingerprint density at radius 1 is 0.788 bits per heavy atom. The van der Waals surface area contributed by atoms with Crippen molar-refractivity contribution >= 4 is 10.9 Å². The van der Waals surface area contributed by atoms with Gasteiger partial charge in [-0.15, -0.1) is 10.2 Å². The van der Waals surface area contributed by atoms with Gasteiger partial charge in [0.1, 0.15) is 5.69 Å². The highest BCUT2D eigenvalue weighted by Crippen LogP contribution is 2.32. The maximum atomic E-state index is 6.16. The standard InChI is InChI=1S/C27H21N5O/c1-31-17-20(22-14-8-9-15-24(22)31)16-25-28-29-27(33-25)23-18-32(21-12-6-3-7-13-21)30-26(23)19-10-4-2-5-11-19/h2-15,17-18H,16H2,1H3. The summed E-state index contributed by atoms with van der Waals surface area (Å²) in [7, 11) is 2.05. The van der Waals surface area contributed by atoms with E-state index in [2.05, 4.69) is 46.2 Å². The van der Waals surface area contributed by atoms with Gasteiger partial charge in [-0.2, -0.15) is 5.10 Å². The van der Waals surface area contributed by atoms with E-state index in [0.717, 1.165) is 28.1 Å². The van der Waals surface area contributed by atoms with Crippen LogP contribution in [0.25, 0.3) is 39.3 Å². The number of para-hydroxylation sites is 2. The van der Waals surface area contributed by atoms with Crippen molar-refractivity contribution < 1.29 is 4.42 Å². The van der Waals surface area contributed by atoms with Crippen LogP contribution in [0.4, 0.5) is 0 Å². The van der Waals surface area contributed by atoms with Crippen molar-refractivity contribution in [2.24, 2.45) is 7.05 Å². The van der Waals surface area contributed by atoms with E-state index in [0.29, 0.717) is 18.2 Å². The number of nitrogens with zero attached hydrogens (tertiary/aromatic N) is 5. The van der Waals surface area contributed by atoms with Crippen molar-refractivity contribution in [3.05, 3.63) is 109 Å². The predicted octanol–water partition coefficient (Wildman–Crippen LogP) is 5.67. The number of rotatable bonds is 5. The second-order valence-electron chi connectivity index (χ2n) is 8.00. The second kappa shape index (κ2) is 7.91. The van der Waals surface area contributed by atoms with Gasteiger partial charge in [0.05, 0.1) is 17.7 Å². The molecule has 0 aliphatic heterocycles. The van der Waals surface area contributed by atoms with Gasteiger partial charge in [0, 0.05) is 35.9 Å². The van der Waals surface area contributed by atoms with E-state index in [1.165, 1.54) is 10.9 Å².